The SMILES string of the molecule is C#CCOC(=O)c1cc2ccc1C[n+]1ccc(cc1)-c1cc[n+](cc1)Cc1ccc(cc1)C[n+]1ccc(cc1)-c1cc[n+](cc1)C2. The first-order chi connectivity index (χ1) is 22.6. The van der Waals surface area contributed by atoms with E-state index >= 15 is 0 Å². The molecule has 46 heavy (non-hydrogen) atoms. The zero-order valence-corrected chi connectivity index (χ0v) is 25.5. The van der Waals surface area contributed by atoms with Crippen LogP contribution in [0, 0.1) is 12.3 Å². The van der Waals surface area contributed by atoms with E-state index in [4.69, 9.17) is 11.2 Å². The molecule has 0 radical (unpaired) electrons. The summed E-state index contributed by atoms with van der Waals surface area (Å²) in [5.74, 6) is 1.98. The minimum atomic E-state index is -0.415. The van der Waals surface area contributed by atoms with Gasteiger partial charge in [0.2, 0.25) is 0 Å². The summed E-state index contributed by atoms with van der Waals surface area (Å²) in [6, 6.07) is 31.9. The summed E-state index contributed by atoms with van der Waals surface area (Å²) in [4.78, 5) is 13.1. The van der Waals surface area contributed by atoms with Gasteiger partial charge in [0.15, 0.2) is 82.4 Å². The largest absolute Gasteiger partial charge is 0.449 e. The van der Waals surface area contributed by atoms with E-state index in [0.29, 0.717) is 18.7 Å². The monoisotopic (exact) mass is 602 g/mol. The topological polar surface area (TPSA) is 41.8 Å². The first kappa shape index (κ1) is 28.8. The third kappa shape index (κ3) is 6.59. The molecule has 0 saturated heterocycles. The molecule has 0 saturated carbocycles. The molecule has 0 unspecified atom stereocenters. The highest BCUT2D eigenvalue weighted by atomic mass is 16.5. The van der Waals surface area contributed by atoms with Crippen LogP contribution in [0.1, 0.15) is 32.6 Å². The number of aromatic nitrogens is 4. The van der Waals surface area contributed by atoms with Crippen molar-refractivity contribution in [3.8, 4) is 34.6 Å². The number of terminal acetylenes is 1. The minimum absolute atomic E-state index is 0.0662. The fourth-order valence-corrected chi connectivity index (χ4v) is 5.83. The number of rotatable bonds is 2. The molecular formula is C40H34N4O2+4. The molecule has 0 N–H and O–H groups in total. The van der Waals surface area contributed by atoms with Crippen molar-refractivity contribution >= 4 is 5.97 Å². The van der Waals surface area contributed by atoms with Crippen LogP contribution in [0.5, 0.6) is 0 Å². The molecule has 0 aliphatic carbocycles. The third-order valence-electron chi connectivity index (χ3n) is 8.38. The maximum atomic E-state index is 13.1. The Morgan fingerprint density at radius 3 is 1.33 bits per heavy atom. The van der Waals surface area contributed by atoms with E-state index in [1.165, 1.54) is 11.1 Å². The average Bonchev–Trinajstić information content (AvgIpc) is 3.10. The number of carbonyl (C=O) groups is 1. The second-order valence-electron chi connectivity index (χ2n) is 11.6. The van der Waals surface area contributed by atoms with Gasteiger partial charge in [-0.15, -0.1) is 6.42 Å². The number of ether oxygens (including phenoxy) is 1. The Kier molecular flexibility index (Phi) is 8.13. The van der Waals surface area contributed by atoms with Crippen molar-refractivity contribution < 1.29 is 27.8 Å². The fourth-order valence-electron chi connectivity index (χ4n) is 5.83. The molecule has 0 fully saturated rings. The standard InChI is InChI=1S/C40H34N4O2/c1-2-25-46-40(45)39-26-33-7-8-38(39)30-44-23-15-37(16-24-44)35-11-19-42(20-12-35)28-32-5-3-31(4-6-32)27-41-17-9-34(10-18-41)36-13-21-43(29-33)22-14-36/h1,3-24,26H,25,27-30H2/q+4. The summed E-state index contributed by atoms with van der Waals surface area (Å²) < 4.78 is 13.9. The average molecular weight is 603 g/mol. The molecule has 222 valence electrons. The second kappa shape index (κ2) is 13.0. The lowest BCUT2D eigenvalue weighted by molar-refractivity contribution is -0.689. The molecular weight excluding hydrogens is 568 g/mol. The van der Waals surface area contributed by atoms with Gasteiger partial charge in [-0.05, 0) is 28.3 Å². The molecule has 6 aromatic rings. The van der Waals surface area contributed by atoms with Gasteiger partial charge >= 0.3 is 5.97 Å². The second-order valence-corrected chi connectivity index (χ2v) is 11.6. The lowest BCUT2D eigenvalue weighted by Crippen LogP contribution is -2.35. The van der Waals surface area contributed by atoms with Crippen LogP contribution in [0.2, 0.25) is 0 Å². The number of benzene rings is 2. The molecule has 16 aliphatic rings. The summed E-state index contributed by atoms with van der Waals surface area (Å²) in [5, 5.41) is 0. The van der Waals surface area contributed by atoms with Crippen LogP contribution in [0.15, 0.2) is 141 Å². The number of esters is 1. The smallest absolute Gasteiger partial charge is 0.339 e. The van der Waals surface area contributed by atoms with Crippen LogP contribution in [0.3, 0.4) is 0 Å². The van der Waals surface area contributed by atoms with Gasteiger partial charge in [-0.2, -0.15) is 0 Å². The molecule has 6 nitrogen and oxygen atoms in total. The van der Waals surface area contributed by atoms with E-state index < -0.39 is 5.97 Å². The van der Waals surface area contributed by atoms with Gasteiger partial charge in [0, 0.05) is 70.8 Å². The minimum Gasteiger partial charge on any atom is -0.449 e. The Hall–Kier alpha value is -5.93. The first-order valence-electron chi connectivity index (χ1n) is 15.4. The number of carbonyl (C=O) groups excluding carboxylic acids is 1. The van der Waals surface area contributed by atoms with E-state index in [2.05, 4.69) is 140 Å². The number of hydrogen-bond acceptors (Lipinski definition) is 2. The molecule has 0 spiro atoms. The van der Waals surface area contributed by atoms with Crippen molar-refractivity contribution in [2.45, 2.75) is 26.2 Å². The van der Waals surface area contributed by atoms with Crippen molar-refractivity contribution in [1.82, 2.24) is 0 Å². The first-order valence-corrected chi connectivity index (χ1v) is 15.4. The summed E-state index contributed by atoms with van der Waals surface area (Å²) in [6.45, 7) is 2.68. The van der Waals surface area contributed by atoms with E-state index in [0.717, 1.165) is 46.5 Å². The van der Waals surface area contributed by atoms with Crippen molar-refractivity contribution in [3.05, 3.63) is 168 Å². The van der Waals surface area contributed by atoms with Crippen molar-refractivity contribution in [3.63, 3.8) is 0 Å². The summed E-state index contributed by atoms with van der Waals surface area (Å²) >= 11 is 0. The highest BCUT2D eigenvalue weighted by Crippen LogP contribution is 2.19. The van der Waals surface area contributed by atoms with Gasteiger partial charge in [0.1, 0.15) is 0 Å². The Balaban J connectivity index is 1.23. The summed E-state index contributed by atoms with van der Waals surface area (Å²) in [7, 11) is 0. The van der Waals surface area contributed by atoms with Gasteiger partial charge in [-0.1, -0.05) is 42.3 Å². The van der Waals surface area contributed by atoms with Crippen LogP contribution in [-0.2, 0) is 30.9 Å². The molecule has 2 aromatic carbocycles. The summed E-state index contributed by atoms with van der Waals surface area (Å²) in [6.07, 6.45) is 22.1. The van der Waals surface area contributed by atoms with Crippen LogP contribution in [-0.4, -0.2) is 12.6 Å². The molecule has 0 amide bonds. The third-order valence-corrected chi connectivity index (χ3v) is 8.38. The molecule has 4 aromatic heterocycles. The van der Waals surface area contributed by atoms with E-state index in [1.54, 1.807) is 0 Å². The van der Waals surface area contributed by atoms with Gasteiger partial charge in [0.05, 0.1) is 5.56 Å². The lowest BCUT2D eigenvalue weighted by atomic mass is 10.0. The fraction of sp³-hybridized carbons (Fsp3) is 0.125. The molecule has 16 aliphatic heterocycles. The maximum absolute atomic E-state index is 13.1. The van der Waals surface area contributed by atoms with Gasteiger partial charge in [-0.3, -0.25) is 0 Å². The predicted octanol–water partition coefficient (Wildman–Crippen LogP) is 4.47. The van der Waals surface area contributed by atoms with Crippen LogP contribution in [0.4, 0.5) is 0 Å². The Labute approximate surface area is 269 Å². The number of hydrogen-bond donors (Lipinski definition) is 0. The summed E-state index contributed by atoms with van der Waals surface area (Å²) in [5.41, 5.74) is 9.47. The van der Waals surface area contributed by atoms with Crippen LogP contribution in [0.25, 0.3) is 22.3 Å². The zero-order valence-electron chi connectivity index (χ0n) is 25.5. The molecule has 0 atom stereocenters. The van der Waals surface area contributed by atoms with Gasteiger partial charge < -0.3 is 4.74 Å². The van der Waals surface area contributed by atoms with Crippen molar-refractivity contribution in [1.29, 1.82) is 0 Å². The van der Waals surface area contributed by atoms with Crippen LogP contribution >= 0.6 is 0 Å². The molecule has 12 bridgehead atoms. The van der Waals surface area contributed by atoms with E-state index in [9.17, 15) is 4.79 Å². The highest BCUT2D eigenvalue weighted by Gasteiger charge is 2.19. The van der Waals surface area contributed by atoms with Crippen molar-refractivity contribution in [2.24, 2.45) is 0 Å². The van der Waals surface area contributed by atoms with E-state index in [-0.39, 0.29) is 6.61 Å². The van der Waals surface area contributed by atoms with Gasteiger partial charge in [0.25, 0.3) is 0 Å². The van der Waals surface area contributed by atoms with Crippen LogP contribution < -0.4 is 18.3 Å². The number of nitrogens with zero attached hydrogens (tertiary/aromatic N) is 4. The quantitative estimate of drug-likeness (QED) is 0.167. The lowest BCUT2D eigenvalue weighted by Gasteiger charge is -2.09. The van der Waals surface area contributed by atoms with E-state index in [1.807, 2.05) is 24.5 Å². The Morgan fingerprint density at radius 1 is 0.543 bits per heavy atom. The Bertz CT molecular complexity index is 2030. The molecule has 20 heterocycles. The molecule has 22 rings (SSSR count). The maximum Gasteiger partial charge on any atom is 0.339 e. The molecule has 6 heteroatoms. The Morgan fingerprint density at radius 2 is 0.913 bits per heavy atom. The van der Waals surface area contributed by atoms with Gasteiger partial charge in [-0.25, -0.2) is 23.1 Å². The normalized spacial score (nSPS) is 12.2. The zero-order chi connectivity index (χ0) is 31.3. The predicted molar refractivity (Wildman–Crippen MR) is 173 cm³/mol. The van der Waals surface area contributed by atoms with Crippen molar-refractivity contribution in [2.75, 3.05) is 6.61 Å². The highest BCUT2D eigenvalue weighted by molar-refractivity contribution is 5.91. The number of pyridine rings is 4.